The molecule has 0 saturated carbocycles. The number of ether oxygens (including phenoxy) is 1. The third-order valence-electron chi connectivity index (χ3n) is 3.29. The number of hydrogen-bond donors (Lipinski definition) is 0. The van der Waals surface area contributed by atoms with Crippen molar-refractivity contribution in [2.24, 2.45) is 0 Å². The van der Waals surface area contributed by atoms with E-state index in [1.54, 1.807) is 6.20 Å². The zero-order valence-electron chi connectivity index (χ0n) is 11.1. The number of fused-ring (bicyclic) bond motifs is 1. The summed E-state index contributed by atoms with van der Waals surface area (Å²) in [5, 5.41) is 4.42. The summed E-state index contributed by atoms with van der Waals surface area (Å²) >= 11 is 5.93. The third kappa shape index (κ3) is 2.40. The molecule has 3 heterocycles. The number of alkyl halides is 1. The summed E-state index contributed by atoms with van der Waals surface area (Å²) in [5.41, 5.74) is 2.02. The number of rotatable bonds is 2. The monoisotopic (exact) mass is 280 g/mol. The second-order valence-electron chi connectivity index (χ2n) is 4.99. The Labute approximate surface area is 117 Å². The van der Waals surface area contributed by atoms with E-state index in [9.17, 15) is 0 Å². The maximum Gasteiger partial charge on any atom is 0.154 e. The minimum Gasteiger partial charge on any atom is -0.370 e. The summed E-state index contributed by atoms with van der Waals surface area (Å²) in [6.45, 7) is 5.64. The van der Waals surface area contributed by atoms with Gasteiger partial charge in [-0.3, -0.25) is 0 Å². The second kappa shape index (κ2) is 4.98. The van der Waals surface area contributed by atoms with Gasteiger partial charge in [-0.05, 0) is 19.9 Å². The first-order chi connectivity index (χ1) is 9.17. The largest absolute Gasteiger partial charge is 0.370 e. The van der Waals surface area contributed by atoms with Gasteiger partial charge in [-0.1, -0.05) is 0 Å². The van der Waals surface area contributed by atoms with Crippen molar-refractivity contribution in [3.8, 4) is 0 Å². The van der Waals surface area contributed by atoms with Crippen LogP contribution >= 0.6 is 11.6 Å². The Kier molecular flexibility index (Phi) is 3.33. The Morgan fingerprint density at radius 3 is 3.11 bits per heavy atom. The molecule has 0 radical (unpaired) electrons. The molecule has 0 amide bonds. The van der Waals surface area contributed by atoms with Crippen molar-refractivity contribution in [1.29, 1.82) is 0 Å². The predicted molar refractivity (Wildman–Crippen MR) is 75.0 cm³/mol. The van der Waals surface area contributed by atoms with Crippen molar-refractivity contribution in [3.63, 3.8) is 0 Å². The summed E-state index contributed by atoms with van der Waals surface area (Å²) in [4.78, 5) is 6.75. The average molecular weight is 281 g/mol. The van der Waals surface area contributed by atoms with E-state index in [-0.39, 0.29) is 12.2 Å². The van der Waals surface area contributed by atoms with E-state index in [4.69, 9.17) is 16.3 Å². The van der Waals surface area contributed by atoms with Crippen LogP contribution in [0.25, 0.3) is 5.52 Å². The normalized spacial score (nSPS) is 24.1. The van der Waals surface area contributed by atoms with Crippen LogP contribution in [0, 0.1) is 6.92 Å². The molecule has 0 aromatic carbocycles. The highest BCUT2D eigenvalue weighted by Crippen LogP contribution is 2.23. The van der Waals surface area contributed by atoms with Crippen molar-refractivity contribution in [2.45, 2.75) is 26.1 Å². The van der Waals surface area contributed by atoms with E-state index in [0.29, 0.717) is 5.88 Å². The Hall–Kier alpha value is -1.33. The highest BCUT2D eigenvalue weighted by atomic mass is 35.5. The van der Waals surface area contributed by atoms with Crippen LogP contribution in [0.15, 0.2) is 18.5 Å². The highest BCUT2D eigenvalue weighted by molar-refractivity contribution is 6.18. The van der Waals surface area contributed by atoms with Crippen LogP contribution in [0.5, 0.6) is 0 Å². The SMILES string of the molecule is Cc1cc2c(N3CC(C)OC(CCl)C3)nccn2n1. The molecule has 1 saturated heterocycles. The van der Waals surface area contributed by atoms with Crippen LogP contribution in [0.2, 0.25) is 0 Å². The summed E-state index contributed by atoms with van der Waals surface area (Å²) in [6, 6.07) is 2.05. The van der Waals surface area contributed by atoms with Gasteiger partial charge in [0.2, 0.25) is 0 Å². The zero-order valence-corrected chi connectivity index (χ0v) is 11.8. The molecule has 19 heavy (non-hydrogen) atoms. The lowest BCUT2D eigenvalue weighted by atomic mass is 10.2. The van der Waals surface area contributed by atoms with E-state index in [0.717, 1.165) is 30.1 Å². The second-order valence-corrected chi connectivity index (χ2v) is 5.30. The highest BCUT2D eigenvalue weighted by Gasteiger charge is 2.26. The van der Waals surface area contributed by atoms with E-state index in [1.807, 2.05) is 17.6 Å². The van der Waals surface area contributed by atoms with Crippen LogP contribution in [-0.4, -0.2) is 45.8 Å². The molecular weight excluding hydrogens is 264 g/mol. The first kappa shape index (κ1) is 12.7. The fraction of sp³-hybridized carbons (Fsp3) is 0.538. The first-order valence-corrected chi connectivity index (χ1v) is 6.98. The van der Waals surface area contributed by atoms with Crippen LogP contribution in [-0.2, 0) is 4.74 Å². The van der Waals surface area contributed by atoms with Gasteiger partial charge < -0.3 is 9.64 Å². The number of nitrogens with zero attached hydrogens (tertiary/aromatic N) is 4. The number of anilines is 1. The van der Waals surface area contributed by atoms with Crippen LogP contribution in [0.1, 0.15) is 12.6 Å². The lowest BCUT2D eigenvalue weighted by Gasteiger charge is -2.36. The van der Waals surface area contributed by atoms with Gasteiger partial charge in [0, 0.05) is 25.5 Å². The number of morpholine rings is 1. The maximum absolute atomic E-state index is 5.93. The van der Waals surface area contributed by atoms with Crippen molar-refractivity contribution in [1.82, 2.24) is 14.6 Å². The van der Waals surface area contributed by atoms with Crippen molar-refractivity contribution in [2.75, 3.05) is 23.9 Å². The molecule has 2 aromatic heterocycles. The molecule has 1 aliphatic rings. The van der Waals surface area contributed by atoms with Crippen molar-refractivity contribution < 1.29 is 4.74 Å². The smallest absolute Gasteiger partial charge is 0.154 e. The summed E-state index contributed by atoms with van der Waals surface area (Å²) in [5.74, 6) is 1.45. The quantitative estimate of drug-likeness (QED) is 0.788. The van der Waals surface area contributed by atoms with Gasteiger partial charge in [-0.15, -0.1) is 11.6 Å². The van der Waals surface area contributed by atoms with Gasteiger partial charge in [0.15, 0.2) is 5.82 Å². The van der Waals surface area contributed by atoms with Crippen LogP contribution in [0.3, 0.4) is 0 Å². The number of hydrogen-bond acceptors (Lipinski definition) is 4. The molecule has 2 unspecified atom stereocenters. The molecular formula is C13H17ClN4O. The Morgan fingerprint density at radius 1 is 1.47 bits per heavy atom. The Balaban J connectivity index is 1.98. The fourth-order valence-corrected chi connectivity index (χ4v) is 2.75. The molecule has 102 valence electrons. The predicted octanol–water partition coefficient (Wildman–Crippen LogP) is 1.87. The van der Waals surface area contributed by atoms with Gasteiger partial charge in [-0.25, -0.2) is 9.50 Å². The van der Waals surface area contributed by atoms with Crippen LogP contribution < -0.4 is 4.90 Å². The van der Waals surface area contributed by atoms with Gasteiger partial charge in [0.1, 0.15) is 5.52 Å². The molecule has 5 nitrogen and oxygen atoms in total. The Bertz CT molecular complexity index is 585. The molecule has 6 heteroatoms. The third-order valence-corrected chi connectivity index (χ3v) is 3.63. The average Bonchev–Trinajstić information content (AvgIpc) is 2.77. The van der Waals surface area contributed by atoms with E-state index < -0.39 is 0 Å². The van der Waals surface area contributed by atoms with E-state index >= 15 is 0 Å². The molecule has 0 spiro atoms. The van der Waals surface area contributed by atoms with Gasteiger partial charge >= 0.3 is 0 Å². The molecule has 0 bridgehead atoms. The number of aryl methyl sites for hydroxylation is 1. The Morgan fingerprint density at radius 2 is 2.32 bits per heavy atom. The van der Waals surface area contributed by atoms with E-state index in [1.165, 1.54) is 0 Å². The molecule has 2 atom stereocenters. The van der Waals surface area contributed by atoms with Gasteiger partial charge in [-0.2, -0.15) is 5.10 Å². The van der Waals surface area contributed by atoms with Crippen molar-refractivity contribution >= 4 is 22.9 Å². The molecule has 3 rings (SSSR count). The lowest BCUT2D eigenvalue weighted by molar-refractivity contribution is -0.00350. The first-order valence-electron chi connectivity index (χ1n) is 6.44. The summed E-state index contributed by atoms with van der Waals surface area (Å²) in [6.07, 6.45) is 3.86. The topological polar surface area (TPSA) is 42.7 Å². The minimum atomic E-state index is 0.0523. The molecule has 1 aliphatic heterocycles. The maximum atomic E-state index is 5.93. The van der Waals surface area contributed by atoms with Crippen molar-refractivity contribution in [3.05, 3.63) is 24.2 Å². The standard InChI is InChI=1S/C13H17ClN4O/c1-9-5-12-13(15-3-4-18(12)16-9)17-7-10(2)19-11(6-14)8-17/h3-5,10-11H,6-8H2,1-2H3. The molecule has 1 fully saturated rings. The molecule has 0 aliphatic carbocycles. The van der Waals surface area contributed by atoms with E-state index in [2.05, 4.69) is 28.0 Å². The van der Waals surface area contributed by atoms with Crippen LogP contribution in [0.4, 0.5) is 5.82 Å². The van der Waals surface area contributed by atoms with Gasteiger partial charge in [0.05, 0.1) is 23.8 Å². The van der Waals surface area contributed by atoms with Gasteiger partial charge in [0.25, 0.3) is 0 Å². The number of aromatic nitrogens is 3. The summed E-state index contributed by atoms with van der Waals surface area (Å²) in [7, 11) is 0. The fourth-order valence-electron chi connectivity index (χ4n) is 2.58. The zero-order chi connectivity index (χ0) is 13.4. The lowest BCUT2D eigenvalue weighted by Crippen LogP contribution is -2.47. The molecule has 2 aromatic rings. The number of halogens is 1. The summed E-state index contributed by atoms with van der Waals surface area (Å²) < 4.78 is 7.65. The minimum absolute atomic E-state index is 0.0523. The molecule has 0 N–H and O–H groups in total.